The molecule has 5 atom stereocenters. The highest BCUT2D eigenvalue weighted by Gasteiger charge is 2.33. The number of carboxylic acids is 2. The van der Waals surface area contributed by atoms with E-state index >= 15 is 0 Å². The van der Waals surface area contributed by atoms with E-state index in [1.165, 1.54) is 6.92 Å². The van der Waals surface area contributed by atoms with Gasteiger partial charge in [-0.3, -0.25) is 19.2 Å². The Bertz CT molecular complexity index is 891. The van der Waals surface area contributed by atoms with Gasteiger partial charge in [-0.05, 0) is 24.8 Å². The molecular weight excluding hydrogens is 460 g/mol. The maximum absolute atomic E-state index is 13.0. The Hall–Kier alpha value is -3.51. The molecule has 0 radical (unpaired) electrons. The molecule has 3 amide bonds. The SMILES string of the molecule is CC(C)CC(NC(=O)C(Cc1ccccc1)NC(=O)C(NC(=O)C(N)CC(=O)O)C(C)O)C(=O)O. The van der Waals surface area contributed by atoms with Crippen LogP contribution in [0.2, 0.25) is 0 Å². The molecule has 0 saturated carbocycles. The third kappa shape index (κ3) is 10.5. The largest absolute Gasteiger partial charge is 0.481 e. The van der Waals surface area contributed by atoms with Gasteiger partial charge in [-0.25, -0.2) is 4.79 Å². The van der Waals surface area contributed by atoms with Crippen molar-refractivity contribution in [3.8, 4) is 0 Å². The molecule has 12 nitrogen and oxygen atoms in total. The van der Waals surface area contributed by atoms with Gasteiger partial charge >= 0.3 is 11.9 Å². The third-order valence-corrected chi connectivity index (χ3v) is 5.03. The van der Waals surface area contributed by atoms with Gasteiger partial charge in [0.25, 0.3) is 0 Å². The van der Waals surface area contributed by atoms with Crippen molar-refractivity contribution in [3.05, 3.63) is 35.9 Å². The Labute approximate surface area is 203 Å². The van der Waals surface area contributed by atoms with Crippen molar-refractivity contribution in [2.24, 2.45) is 11.7 Å². The van der Waals surface area contributed by atoms with Crippen LogP contribution in [0.4, 0.5) is 0 Å². The fourth-order valence-corrected chi connectivity index (χ4v) is 3.23. The van der Waals surface area contributed by atoms with E-state index in [9.17, 15) is 34.2 Å². The first-order valence-corrected chi connectivity index (χ1v) is 11.1. The van der Waals surface area contributed by atoms with Gasteiger partial charge in [-0.15, -0.1) is 0 Å². The minimum atomic E-state index is -1.54. The number of carbonyl (C=O) groups is 5. The van der Waals surface area contributed by atoms with Crippen molar-refractivity contribution in [2.45, 2.75) is 70.3 Å². The summed E-state index contributed by atoms with van der Waals surface area (Å²) < 4.78 is 0. The molecule has 0 aliphatic rings. The summed E-state index contributed by atoms with van der Waals surface area (Å²) >= 11 is 0. The Morgan fingerprint density at radius 2 is 1.43 bits per heavy atom. The van der Waals surface area contributed by atoms with Crippen LogP contribution in [0, 0.1) is 5.92 Å². The van der Waals surface area contributed by atoms with E-state index in [-0.39, 0.29) is 18.8 Å². The van der Waals surface area contributed by atoms with E-state index in [1.54, 1.807) is 44.2 Å². The number of nitrogens with two attached hydrogens (primary N) is 1. The lowest BCUT2D eigenvalue weighted by atomic mass is 10.0. The minimum Gasteiger partial charge on any atom is -0.481 e. The summed E-state index contributed by atoms with van der Waals surface area (Å²) in [6, 6.07) is 3.24. The van der Waals surface area contributed by atoms with Crippen LogP contribution in [0.15, 0.2) is 30.3 Å². The fourth-order valence-electron chi connectivity index (χ4n) is 3.23. The number of benzene rings is 1. The zero-order chi connectivity index (χ0) is 26.7. The van der Waals surface area contributed by atoms with Gasteiger partial charge < -0.3 is 37.0 Å². The summed E-state index contributed by atoms with van der Waals surface area (Å²) in [5.41, 5.74) is 6.19. The molecule has 12 heteroatoms. The lowest BCUT2D eigenvalue weighted by Crippen LogP contribution is -2.60. The van der Waals surface area contributed by atoms with Gasteiger partial charge in [0.15, 0.2) is 0 Å². The van der Waals surface area contributed by atoms with Gasteiger partial charge in [0.05, 0.1) is 18.6 Å². The third-order valence-electron chi connectivity index (χ3n) is 5.03. The minimum absolute atomic E-state index is 0.00539. The lowest BCUT2D eigenvalue weighted by molar-refractivity contribution is -0.143. The molecule has 5 unspecified atom stereocenters. The van der Waals surface area contributed by atoms with Crippen molar-refractivity contribution in [1.82, 2.24) is 16.0 Å². The molecule has 1 rings (SSSR count). The molecular formula is C23H34N4O8. The highest BCUT2D eigenvalue weighted by molar-refractivity contribution is 5.95. The quantitative estimate of drug-likeness (QED) is 0.169. The zero-order valence-corrected chi connectivity index (χ0v) is 19.9. The van der Waals surface area contributed by atoms with Crippen molar-refractivity contribution in [1.29, 1.82) is 0 Å². The topological polar surface area (TPSA) is 208 Å². The van der Waals surface area contributed by atoms with Gasteiger partial charge in [0, 0.05) is 6.42 Å². The number of aliphatic carboxylic acids is 2. The van der Waals surface area contributed by atoms with Crippen LogP contribution < -0.4 is 21.7 Å². The number of nitrogens with one attached hydrogen (secondary N) is 3. The van der Waals surface area contributed by atoms with Crippen LogP contribution in [-0.2, 0) is 30.4 Å². The highest BCUT2D eigenvalue weighted by Crippen LogP contribution is 2.09. The van der Waals surface area contributed by atoms with E-state index in [1.807, 2.05) is 0 Å². The van der Waals surface area contributed by atoms with Crippen molar-refractivity contribution in [3.63, 3.8) is 0 Å². The first-order chi connectivity index (χ1) is 16.3. The molecule has 0 heterocycles. The first-order valence-electron chi connectivity index (χ1n) is 11.1. The number of amides is 3. The average Bonchev–Trinajstić information content (AvgIpc) is 2.75. The molecule has 0 aliphatic carbocycles. The second-order valence-electron chi connectivity index (χ2n) is 8.71. The van der Waals surface area contributed by atoms with Gasteiger partial charge in [0.1, 0.15) is 18.1 Å². The van der Waals surface area contributed by atoms with Crippen LogP contribution in [0.25, 0.3) is 0 Å². The van der Waals surface area contributed by atoms with Crippen molar-refractivity contribution < 1.29 is 39.3 Å². The predicted molar refractivity (Wildman–Crippen MR) is 125 cm³/mol. The lowest BCUT2D eigenvalue weighted by Gasteiger charge is -2.26. The number of hydrogen-bond acceptors (Lipinski definition) is 7. The Morgan fingerprint density at radius 3 is 1.91 bits per heavy atom. The monoisotopic (exact) mass is 494 g/mol. The number of carboxylic acid groups (broad SMARTS) is 2. The molecule has 1 aromatic carbocycles. The summed E-state index contributed by atoms with van der Waals surface area (Å²) in [5, 5.41) is 35.4. The van der Waals surface area contributed by atoms with E-state index in [4.69, 9.17) is 10.8 Å². The molecule has 35 heavy (non-hydrogen) atoms. The van der Waals surface area contributed by atoms with E-state index < -0.39 is 66.4 Å². The Morgan fingerprint density at radius 1 is 0.857 bits per heavy atom. The molecule has 194 valence electrons. The number of rotatable bonds is 14. The smallest absolute Gasteiger partial charge is 0.326 e. The van der Waals surface area contributed by atoms with Crippen LogP contribution in [0.3, 0.4) is 0 Å². The molecule has 0 spiro atoms. The molecule has 1 aromatic rings. The van der Waals surface area contributed by atoms with Crippen molar-refractivity contribution in [2.75, 3.05) is 0 Å². The standard InChI is InChI=1S/C23H34N4O8/c1-12(2)9-17(23(34)35)26-21(32)16(10-14-7-5-4-6-8-14)25-22(33)19(13(3)28)27-20(31)15(24)11-18(29)30/h4-8,12-13,15-17,19,28H,9-11,24H2,1-3H3,(H,25,33)(H,26,32)(H,27,31)(H,29,30)(H,34,35). The molecule has 0 saturated heterocycles. The Kier molecular flexibility index (Phi) is 11.8. The van der Waals surface area contributed by atoms with Crippen LogP contribution in [-0.4, -0.2) is 75.3 Å². The molecule has 0 aliphatic heterocycles. The number of carbonyl (C=O) groups excluding carboxylic acids is 3. The van der Waals surface area contributed by atoms with Crippen LogP contribution in [0.5, 0.6) is 0 Å². The summed E-state index contributed by atoms with van der Waals surface area (Å²) in [7, 11) is 0. The van der Waals surface area contributed by atoms with Gasteiger partial charge in [-0.1, -0.05) is 44.2 Å². The van der Waals surface area contributed by atoms with Gasteiger partial charge in [0.2, 0.25) is 17.7 Å². The van der Waals surface area contributed by atoms with Gasteiger partial charge in [-0.2, -0.15) is 0 Å². The maximum atomic E-state index is 13.0. The summed E-state index contributed by atoms with van der Waals surface area (Å²) in [5.74, 6) is -5.22. The molecule has 0 bridgehead atoms. The van der Waals surface area contributed by atoms with Crippen molar-refractivity contribution >= 4 is 29.7 Å². The second-order valence-corrected chi connectivity index (χ2v) is 8.71. The summed E-state index contributed by atoms with van der Waals surface area (Å²) in [6.45, 7) is 4.83. The number of aliphatic hydroxyl groups is 1. The van der Waals surface area contributed by atoms with E-state index in [0.717, 1.165) is 0 Å². The van der Waals surface area contributed by atoms with Crippen LogP contribution >= 0.6 is 0 Å². The highest BCUT2D eigenvalue weighted by atomic mass is 16.4. The normalized spacial score (nSPS) is 15.3. The summed E-state index contributed by atoms with van der Waals surface area (Å²) in [4.78, 5) is 60.5. The Balaban J connectivity index is 3.09. The van der Waals surface area contributed by atoms with E-state index in [0.29, 0.717) is 5.56 Å². The first kappa shape index (κ1) is 29.5. The average molecular weight is 495 g/mol. The predicted octanol–water partition coefficient (Wildman–Crippen LogP) is -1.00. The number of aliphatic hydroxyl groups excluding tert-OH is 1. The fraction of sp³-hybridized carbons (Fsp3) is 0.522. The molecule has 0 fully saturated rings. The van der Waals surface area contributed by atoms with E-state index in [2.05, 4.69) is 16.0 Å². The summed E-state index contributed by atoms with van der Waals surface area (Å²) in [6.07, 6.45) is -1.93. The molecule has 0 aromatic heterocycles. The van der Waals surface area contributed by atoms with Crippen LogP contribution in [0.1, 0.15) is 39.2 Å². The second kappa shape index (κ2) is 14.0. The number of hydrogen-bond donors (Lipinski definition) is 7. The molecule has 8 N–H and O–H groups in total. The zero-order valence-electron chi connectivity index (χ0n) is 19.9. The maximum Gasteiger partial charge on any atom is 0.326 e.